The van der Waals surface area contributed by atoms with Gasteiger partial charge in [0.2, 0.25) is 0 Å². The highest BCUT2D eigenvalue weighted by Crippen LogP contribution is 2.26. The van der Waals surface area contributed by atoms with Gasteiger partial charge in [0.25, 0.3) is 5.91 Å². The van der Waals surface area contributed by atoms with Gasteiger partial charge in [-0.2, -0.15) is 5.10 Å². The van der Waals surface area contributed by atoms with Crippen molar-refractivity contribution in [2.24, 2.45) is 0 Å². The molecular weight excluding hydrogens is 353 g/mol. The number of aryl methyl sites for hydroxylation is 1. The van der Waals surface area contributed by atoms with Crippen LogP contribution in [-0.2, 0) is 6.54 Å². The van der Waals surface area contributed by atoms with E-state index in [-0.39, 0.29) is 5.91 Å². The van der Waals surface area contributed by atoms with E-state index in [0.717, 1.165) is 0 Å². The Bertz CT molecular complexity index is 627. The first-order chi connectivity index (χ1) is 9.02. The molecule has 0 aliphatic rings. The van der Waals surface area contributed by atoms with E-state index in [9.17, 15) is 4.79 Å². The van der Waals surface area contributed by atoms with Crippen LogP contribution in [0.4, 0.5) is 5.69 Å². The molecule has 0 saturated carbocycles. The number of carbonyl (C=O) groups excluding carboxylic acids is 1. The molecule has 1 amide bonds. The highest BCUT2D eigenvalue weighted by molar-refractivity contribution is 9.10. The van der Waals surface area contributed by atoms with Gasteiger partial charge in [0, 0.05) is 12.2 Å². The lowest BCUT2D eigenvalue weighted by Crippen LogP contribution is -2.17. The van der Waals surface area contributed by atoms with E-state index in [2.05, 4.69) is 26.3 Å². The number of carbonyl (C=O) groups is 1. The molecule has 1 heterocycles. The van der Waals surface area contributed by atoms with Gasteiger partial charge in [0.05, 0.1) is 20.7 Å². The molecule has 0 aliphatic heterocycles. The minimum Gasteiger partial charge on any atom is -0.321 e. The van der Waals surface area contributed by atoms with Crippen molar-refractivity contribution in [3.8, 4) is 0 Å². The van der Waals surface area contributed by atoms with E-state index in [1.807, 2.05) is 6.92 Å². The van der Waals surface area contributed by atoms with Crippen molar-refractivity contribution in [3.63, 3.8) is 0 Å². The lowest BCUT2D eigenvalue weighted by Gasteiger charge is -2.08. The van der Waals surface area contributed by atoms with Crippen molar-refractivity contribution in [3.05, 3.63) is 44.6 Å². The van der Waals surface area contributed by atoms with Crippen LogP contribution in [0, 0.1) is 0 Å². The average Bonchev–Trinajstić information content (AvgIpc) is 2.75. The number of hydrogen-bond acceptors (Lipinski definition) is 2. The summed E-state index contributed by atoms with van der Waals surface area (Å²) in [6.45, 7) is 2.52. The third-order valence-electron chi connectivity index (χ3n) is 2.49. The summed E-state index contributed by atoms with van der Waals surface area (Å²) in [4.78, 5) is 12.2. The number of amides is 1. The van der Waals surface area contributed by atoms with Crippen LogP contribution in [0.5, 0.6) is 0 Å². The largest absolute Gasteiger partial charge is 0.321 e. The molecule has 0 radical (unpaired) electrons. The Morgan fingerprint density at radius 3 is 2.79 bits per heavy atom. The summed E-state index contributed by atoms with van der Waals surface area (Å²) in [7, 11) is 0. The minimum absolute atomic E-state index is 0.260. The Labute approximate surface area is 128 Å². The predicted molar refractivity (Wildman–Crippen MR) is 80.0 cm³/mol. The third-order valence-corrected chi connectivity index (χ3v) is 3.81. The zero-order valence-electron chi connectivity index (χ0n) is 9.95. The summed E-state index contributed by atoms with van der Waals surface area (Å²) in [5.74, 6) is -0.260. The Morgan fingerprint density at radius 2 is 2.16 bits per heavy atom. The zero-order chi connectivity index (χ0) is 14.0. The van der Waals surface area contributed by atoms with Crippen molar-refractivity contribution in [2.75, 3.05) is 5.32 Å². The molecule has 0 spiro atoms. The fourth-order valence-corrected chi connectivity index (χ4v) is 2.37. The second-order valence-corrected chi connectivity index (χ2v) is 5.41. The molecule has 1 aromatic heterocycles. The summed E-state index contributed by atoms with van der Waals surface area (Å²) >= 11 is 15.0. The van der Waals surface area contributed by atoms with Crippen LogP contribution in [0.25, 0.3) is 0 Å². The molecule has 0 unspecified atom stereocenters. The summed E-state index contributed by atoms with van der Waals surface area (Å²) in [5, 5.41) is 7.68. The fraction of sp³-hybridized carbons (Fsp3) is 0.167. The Morgan fingerprint density at radius 1 is 1.42 bits per heavy atom. The van der Waals surface area contributed by atoms with E-state index < -0.39 is 0 Å². The van der Waals surface area contributed by atoms with Crippen molar-refractivity contribution < 1.29 is 4.79 Å². The SMILES string of the molecule is CCn1ncc(Br)c1C(=O)Nc1ccc(Cl)c(Cl)c1. The monoisotopic (exact) mass is 361 g/mol. The quantitative estimate of drug-likeness (QED) is 0.888. The van der Waals surface area contributed by atoms with Crippen molar-refractivity contribution >= 4 is 50.7 Å². The Balaban J connectivity index is 2.25. The van der Waals surface area contributed by atoms with Crippen LogP contribution in [0.2, 0.25) is 10.0 Å². The maximum Gasteiger partial charge on any atom is 0.275 e. The van der Waals surface area contributed by atoms with Gasteiger partial charge < -0.3 is 5.32 Å². The molecule has 0 bridgehead atoms. The number of rotatable bonds is 3. The lowest BCUT2D eigenvalue weighted by molar-refractivity contribution is 0.101. The highest BCUT2D eigenvalue weighted by Gasteiger charge is 2.16. The molecule has 4 nitrogen and oxygen atoms in total. The summed E-state index contributed by atoms with van der Waals surface area (Å²) < 4.78 is 2.25. The molecule has 0 aliphatic carbocycles. The fourth-order valence-electron chi connectivity index (χ4n) is 1.59. The van der Waals surface area contributed by atoms with E-state index in [4.69, 9.17) is 23.2 Å². The molecule has 7 heteroatoms. The normalized spacial score (nSPS) is 10.5. The summed E-state index contributed by atoms with van der Waals surface area (Å²) in [5.41, 5.74) is 1.05. The van der Waals surface area contributed by atoms with E-state index in [0.29, 0.717) is 32.4 Å². The van der Waals surface area contributed by atoms with Gasteiger partial charge in [-0.25, -0.2) is 0 Å². The lowest BCUT2D eigenvalue weighted by atomic mass is 10.3. The zero-order valence-corrected chi connectivity index (χ0v) is 13.1. The van der Waals surface area contributed by atoms with E-state index in [1.54, 1.807) is 29.1 Å². The number of nitrogens with one attached hydrogen (secondary N) is 1. The molecule has 0 fully saturated rings. The molecule has 1 aromatic carbocycles. The van der Waals surface area contributed by atoms with Gasteiger partial charge in [-0.05, 0) is 41.1 Å². The van der Waals surface area contributed by atoms with Gasteiger partial charge in [-0.3, -0.25) is 9.48 Å². The maximum absolute atomic E-state index is 12.2. The summed E-state index contributed by atoms with van der Waals surface area (Å²) in [6, 6.07) is 4.92. The van der Waals surface area contributed by atoms with Crippen LogP contribution in [0.1, 0.15) is 17.4 Å². The van der Waals surface area contributed by atoms with Gasteiger partial charge in [-0.15, -0.1) is 0 Å². The first kappa shape index (κ1) is 14.4. The van der Waals surface area contributed by atoms with E-state index >= 15 is 0 Å². The van der Waals surface area contributed by atoms with Gasteiger partial charge in [0.1, 0.15) is 5.69 Å². The molecule has 19 heavy (non-hydrogen) atoms. The average molecular weight is 363 g/mol. The minimum atomic E-state index is -0.260. The maximum atomic E-state index is 12.2. The van der Waals surface area contributed by atoms with Gasteiger partial charge >= 0.3 is 0 Å². The van der Waals surface area contributed by atoms with Crippen molar-refractivity contribution in [1.82, 2.24) is 9.78 Å². The molecule has 100 valence electrons. The second kappa shape index (κ2) is 5.94. The topological polar surface area (TPSA) is 46.9 Å². The van der Waals surface area contributed by atoms with Crippen LogP contribution >= 0.6 is 39.1 Å². The number of halogens is 3. The standard InChI is InChI=1S/C12H10BrCl2N3O/c1-2-18-11(8(13)6-16-18)12(19)17-7-3-4-9(14)10(15)5-7/h3-6H,2H2,1H3,(H,17,19). The third kappa shape index (κ3) is 3.11. The number of benzene rings is 1. The molecule has 0 atom stereocenters. The van der Waals surface area contributed by atoms with Gasteiger partial charge in [-0.1, -0.05) is 23.2 Å². The smallest absolute Gasteiger partial charge is 0.275 e. The number of anilines is 1. The Kier molecular flexibility index (Phi) is 4.50. The molecule has 0 saturated heterocycles. The van der Waals surface area contributed by atoms with Crippen LogP contribution in [0.15, 0.2) is 28.9 Å². The molecule has 1 N–H and O–H groups in total. The van der Waals surface area contributed by atoms with E-state index in [1.165, 1.54) is 0 Å². The van der Waals surface area contributed by atoms with Crippen molar-refractivity contribution in [2.45, 2.75) is 13.5 Å². The number of hydrogen-bond donors (Lipinski definition) is 1. The molecular formula is C12H10BrCl2N3O. The first-order valence-corrected chi connectivity index (χ1v) is 7.05. The van der Waals surface area contributed by atoms with Crippen LogP contribution in [0.3, 0.4) is 0 Å². The van der Waals surface area contributed by atoms with Crippen LogP contribution in [-0.4, -0.2) is 15.7 Å². The second-order valence-electron chi connectivity index (χ2n) is 3.74. The summed E-state index contributed by atoms with van der Waals surface area (Å²) in [6.07, 6.45) is 1.59. The molecule has 2 rings (SSSR count). The highest BCUT2D eigenvalue weighted by atomic mass is 79.9. The first-order valence-electron chi connectivity index (χ1n) is 5.50. The number of nitrogens with zero attached hydrogens (tertiary/aromatic N) is 2. The van der Waals surface area contributed by atoms with Gasteiger partial charge in [0.15, 0.2) is 0 Å². The predicted octanol–water partition coefficient (Wildman–Crippen LogP) is 4.22. The molecule has 2 aromatic rings. The Hall–Kier alpha value is -1.04. The number of aromatic nitrogens is 2. The van der Waals surface area contributed by atoms with Crippen molar-refractivity contribution in [1.29, 1.82) is 0 Å². The van der Waals surface area contributed by atoms with Crippen LogP contribution < -0.4 is 5.32 Å².